The van der Waals surface area contributed by atoms with Gasteiger partial charge in [-0.1, -0.05) is 75.2 Å². The summed E-state index contributed by atoms with van der Waals surface area (Å²) in [5.41, 5.74) is 4.23. The predicted octanol–water partition coefficient (Wildman–Crippen LogP) is 7.05. The van der Waals surface area contributed by atoms with Gasteiger partial charge in [0.1, 0.15) is 0 Å². The van der Waals surface area contributed by atoms with Gasteiger partial charge in [-0.25, -0.2) is 0 Å². The number of thiocarbonyl (C=S) groups is 1. The second kappa shape index (κ2) is 8.19. The molecule has 0 spiro atoms. The number of benzene rings is 2. The average Bonchev–Trinajstić information content (AvgIpc) is 2.51. The fourth-order valence-electron chi connectivity index (χ4n) is 2.56. The zero-order valence-corrected chi connectivity index (χ0v) is 16.6. The SMILES string of the molecule is CC(C)c1cccc(C(C)C)c1NC(=S)Nc1cccc(Cl)c1Cl. The highest BCUT2D eigenvalue weighted by Gasteiger charge is 2.15. The zero-order chi connectivity index (χ0) is 17.9. The fraction of sp³-hybridized carbons (Fsp3) is 0.316. The summed E-state index contributed by atoms with van der Waals surface area (Å²) < 4.78 is 0. The summed E-state index contributed by atoms with van der Waals surface area (Å²) in [6, 6.07) is 11.8. The molecule has 0 unspecified atom stereocenters. The minimum atomic E-state index is 0.392. The molecule has 0 atom stereocenters. The number of hydrogen-bond donors (Lipinski definition) is 2. The number of anilines is 2. The summed E-state index contributed by atoms with van der Waals surface area (Å²) in [6.07, 6.45) is 0. The Kier molecular flexibility index (Phi) is 6.50. The van der Waals surface area contributed by atoms with E-state index in [2.05, 4.69) is 56.5 Å². The van der Waals surface area contributed by atoms with Crippen molar-refractivity contribution in [2.75, 3.05) is 10.6 Å². The number of rotatable bonds is 4. The van der Waals surface area contributed by atoms with Gasteiger partial charge in [0.25, 0.3) is 0 Å². The molecule has 0 aliphatic rings. The normalized spacial score (nSPS) is 11.0. The van der Waals surface area contributed by atoms with Gasteiger partial charge in [-0.2, -0.15) is 0 Å². The number of para-hydroxylation sites is 1. The molecule has 0 bridgehead atoms. The van der Waals surface area contributed by atoms with Crippen molar-refractivity contribution in [1.82, 2.24) is 0 Å². The first kappa shape index (κ1) is 19.0. The van der Waals surface area contributed by atoms with E-state index in [9.17, 15) is 0 Å². The van der Waals surface area contributed by atoms with E-state index in [1.807, 2.05) is 12.1 Å². The van der Waals surface area contributed by atoms with Crippen molar-refractivity contribution >= 4 is 51.9 Å². The van der Waals surface area contributed by atoms with Crippen molar-refractivity contribution in [3.63, 3.8) is 0 Å². The van der Waals surface area contributed by atoms with Crippen molar-refractivity contribution in [3.05, 3.63) is 57.6 Å². The Labute approximate surface area is 159 Å². The maximum Gasteiger partial charge on any atom is 0.175 e. The molecule has 2 aromatic rings. The van der Waals surface area contributed by atoms with Gasteiger partial charge >= 0.3 is 0 Å². The minimum Gasteiger partial charge on any atom is -0.332 e. The van der Waals surface area contributed by atoms with Crippen molar-refractivity contribution in [3.8, 4) is 0 Å². The Balaban J connectivity index is 2.30. The van der Waals surface area contributed by atoms with E-state index in [1.165, 1.54) is 11.1 Å². The summed E-state index contributed by atoms with van der Waals surface area (Å²) in [5.74, 6) is 0.785. The molecule has 0 fully saturated rings. The molecule has 24 heavy (non-hydrogen) atoms. The van der Waals surface area contributed by atoms with Gasteiger partial charge in [0.05, 0.1) is 15.7 Å². The van der Waals surface area contributed by atoms with Crippen LogP contribution in [0.15, 0.2) is 36.4 Å². The van der Waals surface area contributed by atoms with E-state index >= 15 is 0 Å². The van der Waals surface area contributed by atoms with Crippen molar-refractivity contribution in [2.45, 2.75) is 39.5 Å². The third-order valence-electron chi connectivity index (χ3n) is 3.81. The lowest BCUT2D eigenvalue weighted by Crippen LogP contribution is -2.21. The fourth-order valence-corrected chi connectivity index (χ4v) is 3.12. The first-order valence-corrected chi connectivity index (χ1v) is 9.12. The molecule has 2 rings (SSSR count). The van der Waals surface area contributed by atoms with Gasteiger partial charge < -0.3 is 10.6 Å². The van der Waals surface area contributed by atoms with E-state index in [1.54, 1.807) is 6.07 Å². The molecular formula is C19H22Cl2N2S. The lowest BCUT2D eigenvalue weighted by atomic mass is 9.93. The lowest BCUT2D eigenvalue weighted by Gasteiger charge is -2.22. The van der Waals surface area contributed by atoms with Crippen LogP contribution in [0.5, 0.6) is 0 Å². The first-order valence-electron chi connectivity index (χ1n) is 7.96. The van der Waals surface area contributed by atoms with Gasteiger partial charge in [-0.05, 0) is 47.3 Å². The van der Waals surface area contributed by atoms with Crippen LogP contribution in [0, 0.1) is 0 Å². The second-order valence-corrected chi connectivity index (χ2v) is 7.49. The third kappa shape index (κ3) is 4.41. The molecule has 2 nitrogen and oxygen atoms in total. The highest BCUT2D eigenvalue weighted by Crippen LogP contribution is 2.33. The number of hydrogen-bond acceptors (Lipinski definition) is 1. The van der Waals surface area contributed by atoms with Crippen molar-refractivity contribution < 1.29 is 0 Å². The largest absolute Gasteiger partial charge is 0.332 e. The topological polar surface area (TPSA) is 24.1 Å². The summed E-state index contributed by atoms with van der Waals surface area (Å²) in [7, 11) is 0. The second-order valence-electron chi connectivity index (χ2n) is 6.30. The van der Waals surface area contributed by atoms with Gasteiger partial charge in [-0.15, -0.1) is 0 Å². The molecule has 0 saturated carbocycles. The zero-order valence-electron chi connectivity index (χ0n) is 14.3. The van der Waals surface area contributed by atoms with E-state index in [0.717, 1.165) is 5.69 Å². The van der Waals surface area contributed by atoms with Crippen LogP contribution >= 0.6 is 35.4 Å². The van der Waals surface area contributed by atoms with Crippen LogP contribution in [0.3, 0.4) is 0 Å². The average molecular weight is 381 g/mol. The monoisotopic (exact) mass is 380 g/mol. The summed E-state index contributed by atoms with van der Waals surface area (Å²) >= 11 is 17.8. The van der Waals surface area contributed by atoms with Crippen LogP contribution < -0.4 is 10.6 Å². The Morgan fingerprint density at radius 3 is 1.96 bits per heavy atom. The minimum absolute atomic E-state index is 0.392. The van der Waals surface area contributed by atoms with Crippen LogP contribution in [0.4, 0.5) is 11.4 Å². The van der Waals surface area contributed by atoms with E-state index in [4.69, 9.17) is 35.4 Å². The van der Waals surface area contributed by atoms with Crippen LogP contribution in [0.25, 0.3) is 0 Å². The number of halogens is 2. The van der Waals surface area contributed by atoms with Gasteiger partial charge in [0.15, 0.2) is 5.11 Å². The van der Waals surface area contributed by atoms with Gasteiger partial charge in [0, 0.05) is 5.69 Å². The quantitative estimate of drug-likeness (QED) is 0.555. The van der Waals surface area contributed by atoms with E-state index < -0.39 is 0 Å². The molecule has 128 valence electrons. The molecule has 2 aromatic carbocycles. The van der Waals surface area contributed by atoms with E-state index in [-0.39, 0.29) is 0 Å². The van der Waals surface area contributed by atoms with E-state index in [0.29, 0.717) is 32.7 Å². The summed E-state index contributed by atoms with van der Waals surface area (Å²) in [5, 5.41) is 7.94. The smallest absolute Gasteiger partial charge is 0.175 e. The summed E-state index contributed by atoms with van der Waals surface area (Å²) in [6.45, 7) is 8.70. The van der Waals surface area contributed by atoms with Crippen LogP contribution in [0.1, 0.15) is 50.7 Å². The Morgan fingerprint density at radius 2 is 1.42 bits per heavy atom. The lowest BCUT2D eigenvalue weighted by molar-refractivity contribution is 0.839. The van der Waals surface area contributed by atoms with Crippen molar-refractivity contribution in [1.29, 1.82) is 0 Å². The molecule has 2 N–H and O–H groups in total. The molecular weight excluding hydrogens is 359 g/mol. The third-order valence-corrected chi connectivity index (χ3v) is 4.83. The Morgan fingerprint density at radius 1 is 0.875 bits per heavy atom. The Hall–Kier alpha value is -1.29. The molecule has 0 saturated heterocycles. The van der Waals surface area contributed by atoms with Gasteiger partial charge in [0.2, 0.25) is 0 Å². The molecule has 0 radical (unpaired) electrons. The van der Waals surface area contributed by atoms with Crippen LogP contribution in [-0.4, -0.2) is 5.11 Å². The molecule has 0 aromatic heterocycles. The highest BCUT2D eigenvalue weighted by molar-refractivity contribution is 7.80. The molecule has 0 aliphatic heterocycles. The van der Waals surface area contributed by atoms with Crippen molar-refractivity contribution in [2.24, 2.45) is 0 Å². The van der Waals surface area contributed by atoms with Gasteiger partial charge in [-0.3, -0.25) is 0 Å². The molecule has 0 heterocycles. The Bertz CT molecular complexity index is 716. The maximum absolute atomic E-state index is 6.22. The van der Waals surface area contributed by atoms with Crippen LogP contribution in [0.2, 0.25) is 10.0 Å². The molecule has 5 heteroatoms. The summed E-state index contributed by atoms with van der Waals surface area (Å²) in [4.78, 5) is 0. The first-order chi connectivity index (χ1) is 11.3. The number of nitrogens with one attached hydrogen (secondary N) is 2. The molecule has 0 aliphatic carbocycles. The highest BCUT2D eigenvalue weighted by atomic mass is 35.5. The maximum atomic E-state index is 6.22. The molecule has 0 amide bonds. The van der Waals surface area contributed by atoms with Crippen LogP contribution in [-0.2, 0) is 0 Å². The predicted molar refractivity (Wildman–Crippen MR) is 111 cm³/mol. The standard InChI is InChI=1S/C19H22Cl2N2S/c1-11(2)13-7-5-8-14(12(3)4)18(13)23-19(24)22-16-10-6-9-15(20)17(16)21/h5-12H,1-4H3,(H2,22,23,24).